The molecule has 7 heteroatoms. The third-order valence-electron chi connectivity index (χ3n) is 4.78. The molecule has 0 amide bonds. The van der Waals surface area contributed by atoms with Crippen molar-refractivity contribution in [2.24, 2.45) is 0 Å². The van der Waals surface area contributed by atoms with Gasteiger partial charge < -0.3 is 5.32 Å². The quantitative estimate of drug-likeness (QED) is 0.699. The minimum atomic E-state index is -0.206. The number of nitrogens with zero attached hydrogens (tertiary/aromatic N) is 3. The summed E-state index contributed by atoms with van der Waals surface area (Å²) in [5, 5.41) is 10.8. The Bertz CT molecular complexity index is 1020. The van der Waals surface area contributed by atoms with Gasteiger partial charge in [-0.2, -0.15) is 4.98 Å². The number of benzene rings is 1. The van der Waals surface area contributed by atoms with Crippen LogP contribution in [0.25, 0.3) is 11.4 Å². The molecule has 0 radical (unpaired) electrons. The molecule has 0 saturated heterocycles. The van der Waals surface area contributed by atoms with E-state index in [0.717, 1.165) is 34.6 Å². The lowest BCUT2D eigenvalue weighted by atomic mass is 9.88. The van der Waals surface area contributed by atoms with E-state index in [9.17, 15) is 4.79 Å². The van der Waals surface area contributed by atoms with E-state index in [0.29, 0.717) is 23.2 Å². The van der Waals surface area contributed by atoms with Gasteiger partial charge in [-0.15, -0.1) is 16.4 Å². The maximum atomic E-state index is 12.7. The molecule has 1 aliphatic heterocycles. The second-order valence-electron chi connectivity index (χ2n) is 6.42. The van der Waals surface area contributed by atoms with Crippen molar-refractivity contribution < 1.29 is 4.79 Å². The number of halogens is 1. The fraction of sp³-hybridized carbons (Fsp3) is 0.211. The fourth-order valence-electron chi connectivity index (χ4n) is 3.59. The molecule has 1 unspecified atom stereocenters. The molecule has 0 fully saturated rings. The third kappa shape index (κ3) is 2.48. The minimum absolute atomic E-state index is 0.200. The number of carbonyl (C=O) groups excluding carboxylic acids is 1. The lowest BCUT2D eigenvalue weighted by Crippen LogP contribution is -2.31. The van der Waals surface area contributed by atoms with Gasteiger partial charge in [0.1, 0.15) is 6.04 Å². The summed E-state index contributed by atoms with van der Waals surface area (Å²) < 4.78 is 1.85. The summed E-state index contributed by atoms with van der Waals surface area (Å²) >= 11 is 7.63. The van der Waals surface area contributed by atoms with E-state index in [1.807, 2.05) is 40.4 Å². The number of Topliss-reactive ketones (excluding diaryl/α,β-unsaturated/α-hetero) is 1. The molecule has 130 valence electrons. The number of hydrogen-bond acceptors (Lipinski definition) is 5. The number of rotatable bonds is 2. The number of ketones is 1. The maximum absolute atomic E-state index is 12.7. The van der Waals surface area contributed by atoms with Crippen LogP contribution in [0.15, 0.2) is 53.0 Å². The van der Waals surface area contributed by atoms with Crippen LogP contribution < -0.4 is 5.32 Å². The van der Waals surface area contributed by atoms with Crippen molar-refractivity contribution in [3.05, 3.63) is 62.9 Å². The monoisotopic (exact) mass is 382 g/mol. The first kappa shape index (κ1) is 15.8. The normalized spacial score (nSPS) is 19.1. The topological polar surface area (TPSA) is 59.8 Å². The number of nitrogens with one attached hydrogen (secondary N) is 1. The van der Waals surface area contributed by atoms with Gasteiger partial charge in [0.2, 0.25) is 5.95 Å². The van der Waals surface area contributed by atoms with Crippen molar-refractivity contribution >= 4 is 34.7 Å². The number of hydrogen-bond donors (Lipinski definition) is 1. The van der Waals surface area contributed by atoms with Crippen molar-refractivity contribution in [1.29, 1.82) is 0 Å². The highest BCUT2D eigenvalue weighted by molar-refractivity contribution is 7.10. The molecule has 26 heavy (non-hydrogen) atoms. The second kappa shape index (κ2) is 6.07. The molecule has 0 bridgehead atoms. The highest BCUT2D eigenvalue weighted by atomic mass is 35.5. The number of allylic oxidation sites excluding steroid dienone is 2. The van der Waals surface area contributed by atoms with Crippen LogP contribution in [0.4, 0.5) is 5.95 Å². The van der Waals surface area contributed by atoms with Crippen molar-refractivity contribution in [3.8, 4) is 11.4 Å². The van der Waals surface area contributed by atoms with E-state index < -0.39 is 0 Å². The van der Waals surface area contributed by atoms with Crippen LogP contribution >= 0.6 is 22.9 Å². The van der Waals surface area contributed by atoms with Crippen LogP contribution in [0.2, 0.25) is 5.02 Å². The standard InChI is InChI=1S/C19H15ClN4OS/c20-12-8-6-11(7-9-12)18-22-19-21-13-3-1-4-14(25)16(13)17(24(19)23-18)15-5-2-10-26-15/h2,5-10,17H,1,3-4H2,(H,21,22,23). The predicted molar refractivity (Wildman–Crippen MR) is 102 cm³/mol. The zero-order valence-electron chi connectivity index (χ0n) is 13.8. The van der Waals surface area contributed by atoms with E-state index >= 15 is 0 Å². The van der Waals surface area contributed by atoms with Crippen LogP contribution in [-0.2, 0) is 4.79 Å². The molecule has 1 aliphatic carbocycles. The molecule has 0 spiro atoms. The number of anilines is 1. The van der Waals surface area contributed by atoms with Gasteiger partial charge in [-0.25, -0.2) is 4.68 Å². The molecule has 2 aromatic heterocycles. The molecule has 5 nitrogen and oxygen atoms in total. The van der Waals surface area contributed by atoms with Crippen LogP contribution in [0.5, 0.6) is 0 Å². The first-order chi connectivity index (χ1) is 12.7. The second-order valence-corrected chi connectivity index (χ2v) is 7.84. The lowest BCUT2D eigenvalue weighted by Gasteiger charge is -2.31. The van der Waals surface area contributed by atoms with Gasteiger partial charge in [-0.3, -0.25) is 4.79 Å². The molecule has 3 heterocycles. The summed E-state index contributed by atoms with van der Waals surface area (Å²) in [7, 11) is 0. The van der Waals surface area contributed by atoms with Crippen molar-refractivity contribution in [2.45, 2.75) is 25.3 Å². The number of aromatic nitrogens is 3. The largest absolute Gasteiger partial charge is 0.328 e. The van der Waals surface area contributed by atoms with Gasteiger partial charge in [0.15, 0.2) is 11.6 Å². The Balaban J connectivity index is 1.66. The summed E-state index contributed by atoms with van der Waals surface area (Å²) in [6, 6.07) is 11.3. The summed E-state index contributed by atoms with van der Waals surface area (Å²) in [6.45, 7) is 0. The molecular formula is C19H15ClN4OS. The zero-order chi connectivity index (χ0) is 17.7. The number of thiophene rings is 1. The van der Waals surface area contributed by atoms with E-state index in [1.165, 1.54) is 0 Å². The average molecular weight is 383 g/mol. The Morgan fingerprint density at radius 3 is 2.81 bits per heavy atom. The molecule has 0 saturated carbocycles. The van der Waals surface area contributed by atoms with Crippen molar-refractivity contribution in [1.82, 2.24) is 14.8 Å². The molecule has 1 aromatic carbocycles. The highest BCUT2D eigenvalue weighted by Crippen LogP contribution is 2.41. The smallest absolute Gasteiger partial charge is 0.226 e. The van der Waals surface area contributed by atoms with Crippen LogP contribution in [-0.4, -0.2) is 20.5 Å². The van der Waals surface area contributed by atoms with Gasteiger partial charge in [-0.1, -0.05) is 17.7 Å². The Hall–Kier alpha value is -2.44. The van der Waals surface area contributed by atoms with E-state index in [1.54, 1.807) is 11.3 Å². The first-order valence-electron chi connectivity index (χ1n) is 8.50. The summed E-state index contributed by atoms with van der Waals surface area (Å²) in [6.07, 6.45) is 2.34. The molecule has 5 rings (SSSR count). The number of carbonyl (C=O) groups is 1. The first-order valence-corrected chi connectivity index (χ1v) is 9.75. The highest BCUT2D eigenvalue weighted by Gasteiger charge is 2.37. The van der Waals surface area contributed by atoms with Crippen LogP contribution in [0.1, 0.15) is 30.2 Å². The number of fused-ring (bicyclic) bond motifs is 1. The molecule has 2 aliphatic rings. The van der Waals surface area contributed by atoms with E-state index in [-0.39, 0.29) is 11.8 Å². The Kier molecular flexibility index (Phi) is 3.69. The summed E-state index contributed by atoms with van der Waals surface area (Å²) in [5.74, 6) is 1.51. The summed E-state index contributed by atoms with van der Waals surface area (Å²) in [4.78, 5) is 18.5. The van der Waals surface area contributed by atoms with Crippen LogP contribution in [0.3, 0.4) is 0 Å². The predicted octanol–water partition coefficient (Wildman–Crippen LogP) is 4.68. The lowest BCUT2D eigenvalue weighted by molar-refractivity contribution is -0.116. The molecule has 1 N–H and O–H groups in total. The van der Waals surface area contributed by atoms with Gasteiger partial charge >= 0.3 is 0 Å². The van der Waals surface area contributed by atoms with Gasteiger partial charge in [0, 0.05) is 33.2 Å². The molecule has 3 aromatic rings. The Morgan fingerprint density at radius 1 is 1.19 bits per heavy atom. The SMILES string of the molecule is O=C1CCCC2=C1C(c1cccs1)n1nc(-c3ccc(Cl)cc3)nc1N2. The third-order valence-corrected chi connectivity index (χ3v) is 5.96. The van der Waals surface area contributed by atoms with Gasteiger partial charge in [0.05, 0.1) is 0 Å². The van der Waals surface area contributed by atoms with Gasteiger partial charge in [-0.05, 0) is 48.6 Å². The van der Waals surface area contributed by atoms with Crippen molar-refractivity contribution in [3.63, 3.8) is 0 Å². The zero-order valence-corrected chi connectivity index (χ0v) is 15.3. The van der Waals surface area contributed by atoms with Crippen LogP contribution in [0, 0.1) is 0 Å². The average Bonchev–Trinajstić information content (AvgIpc) is 3.30. The van der Waals surface area contributed by atoms with Gasteiger partial charge in [0.25, 0.3) is 0 Å². The Morgan fingerprint density at radius 2 is 2.04 bits per heavy atom. The fourth-order valence-corrected chi connectivity index (χ4v) is 4.53. The minimum Gasteiger partial charge on any atom is -0.328 e. The maximum Gasteiger partial charge on any atom is 0.226 e. The van der Waals surface area contributed by atoms with E-state index in [4.69, 9.17) is 16.7 Å². The van der Waals surface area contributed by atoms with Crippen molar-refractivity contribution in [2.75, 3.05) is 5.32 Å². The Labute approximate surface area is 159 Å². The summed E-state index contributed by atoms with van der Waals surface area (Å²) in [5.41, 5.74) is 2.72. The molecular weight excluding hydrogens is 368 g/mol. The van der Waals surface area contributed by atoms with E-state index in [2.05, 4.69) is 16.4 Å². The molecule has 1 atom stereocenters.